The monoisotopic (exact) mass is 419 g/mol. The summed E-state index contributed by atoms with van der Waals surface area (Å²) in [6.07, 6.45) is 0.803. The van der Waals surface area contributed by atoms with Gasteiger partial charge in [0.25, 0.3) is 10.0 Å². The lowest BCUT2D eigenvalue weighted by molar-refractivity contribution is -0.112. The molecule has 4 nitrogen and oxygen atoms in total. The van der Waals surface area contributed by atoms with E-state index in [2.05, 4.69) is 0 Å². The first-order chi connectivity index (χ1) is 11.7. The van der Waals surface area contributed by atoms with Crippen molar-refractivity contribution in [1.29, 1.82) is 0 Å². The molecule has 0 amide bonds. The van der Waals surface area contributed by atoms with Crippen LogP contribution in [-0.2, 0) is 21.2 Å². The number of carbonyl (C=O) groups excluding carboxylic acids is 1. The summed E-state index contributed by atoms with van der Waals surface area (Å²) in [5, 5.41) is -0.579. The zero-order valence-corrected chi connectivity index (χ0v) is 16.6. The van der Waals surface area contributed by atoms with Crippen LogP contribution in [0.3, 0.4) is 0 Å². The molecular weight excluding hydrogens is 405 g/mol. The molecule has 25 heavy (non-hydrogen) atoms. The molecular formula is C17H16Cl3NO3S. The Balaban J connectivity index is 2.65. The van der Waals surface area contributed by atoms with Crippen molar-refractivity contribution in [3.8, 4) is 0 Å². The van der Waals surface area contributed by atoms with Gasteiger partial charge in [-0.2, -0.15) is 0 Å². The van der Waals surface area contributed by atoms with Gasteiger partial charge in [-0.05, 0) is 60.8 Å². The second-order valence-corrected chi connectivity index (χ2v) is 8.38. The van der Waals surface area contributed by atoms with E-state index >= 15 is 0 Å². The van der Waals surface area contributed by atoms with Crippen LogP contribution in [0.15, 0.2) is 47.4 Å². The normalized spacial score (nSPS) is 12.7. The Morgan fingerprint density at radius 1 is 1.12 bits per heavy atom. The van der Waals surface area contributed by atoms with Crippen LogP contribution in [0, 0.1) is 0 Å². The van der Waals surface area contributed by atoms with Crippen LogP contribution < -0.4 is 4.31 Å². The van der Waals surface area contributed by atoms with Gasteiger partial charge in [-0.3, -0.25) is 9.10 Å². The summed E-state index contributed by atoms with van der Waals surface area (Å²) in [4.78, 5) is 11.5. The molecule has 0 saturated carbocycles. The van der Waals surface area contributed by atoms with Gasteiger partial charge in [-0.15, -0.1) is 0 Å². The minimum Gasteiger partial charge on any atom is -0.279 e. The van der Waals surface area contributed by atoms with Gasteiger partial charge in [0.05, 0.1) is 10.7 Å². The summed E-state index contributed by atoms with van der Waals surface area (Å²) in [6.45, 7) is 3.40. The Bertz CT molecular complexity index is 883. The third-order valence-corrected chi connectivity index (χ3v) is 6.64. The van der Waals surface area contributed by atoms with Crippen molar-refractivity contribution in [3.63, 3.8) is 0 Å². The molecule has 1 unspecified atom stereocenters. The van der Waals surface area contributed by atoms with E-state index in [-0.39, 0.29) is 14.9 Å². The summed E-state index contributed by atoms with van der Waals surface area (Å²) in [6, 6.07) is 9.86. The van der Waals surface area contributed by atoms with E-state index in [0.29, 0.717) is 5.69 Å². The maximum atomic E-state index is 13.2. The summed E-state index contributed by atoms with van der Waals surface area (Å²) in [7, 11) is -4.16. The lowest BCUT2D eigenvalue weighted by Gasteiger charge is -2.29. The first-order valence-electron chi connectivity index (χ1n) is 7.46. The lowest BCUT2D eigenvalue weighted by atomic mass is 10.1. The number of rotatable bonds is 6. The molecule has 0 aliphatic carbocycles. The first-order valence-corrected chi connectivity index (χ1v) is 10.0. The average Bonchev–Trinajstić information content (AvgIpc) is 2.57. The number of nitrogens with zero attached hydrogens (tertiary/aromatic N) is 1. The molecule has 1 atom stereocenters. The Labute approximate surface area is 162 Å². The summed E-state index contributed by atoms with van der Waals surface area (Å²) < 4.78 is 27.3. The SMILES string of the molecule is CCc1ccc(N(C(C)C(=O)Cl)S(=O)(=O)c2cc(Cl)ccc2Cl)cc1. The topological polar surface area (TPSA) is 54.5 Å². The van der Waals surface area contributed by atoms with Crippen LogP contribution in [0.5, 0.6) is 0 Å². The molecule has 0 N–H and O–H groups in total. The predicted octanol–water partition coefficient (Wildman–Crippen LogP) is 4.91. The van der Waals surface area contributed by atoms with Crippen LogP contribution in [0.4, 0.5) is 5.69 Å². The second kappa shape index (κ2) is 7.96. The molecule has 0 bridgehead atoms. The summed E-state index contributed by atoms with van der Waals surface area (Å²) in [5.41, 5.74) is 1.35. The Kier molecular flexibility index (Phi) is 6.38. The van der Waals surface area contributed by atoms with Gasteiger partial charge in [-0.1, -0.05) is 42.3 Å². The minimum absolute atomic E-state index is 0.00815. The zero-order valence-electron chi connectivity index (χ0n) is 13.5. The fourth-order valence-corrected chi connectivity index (χ4v) is 4.84. The average molecular weight is 421 g/mol. The van der Waals surface area contributed by atoms with Gasteiger partial charge < -0.3 is 0 Å². The molecule has 2 aromatic rings. The Morgan fingerprint density at radius 3 is 2.24 bits per heavy atom. The van der Waals surface area contributed by atoms with Gasteiger partial charge in [0, 0.05) is 5.02 Å². The van der Waals surface area contributed by atoms with E-state index in [4.69, 9.17) is 34.8 Å². The number of hydrogen-bond donors (Lipinski definition) is 0. The lowest BCUT2D eigenvalue weighted by Crippen LogP contribution is -2.42. The first kappa shape index (κ1) is 20.0. The number of anilines is 1. The maximum Gasteiger partial charge on any atom is 0.266 e. The van der Waals surface area contributed by atoms with Crippen molar-refractivity contribution in [3.05, 3.63) is 58.1 Å². The molecule has 0 fully saturated rings. The van der Waals surface area contributed by atoms with Crippen molar-refractivity contribution in [2.24, 2.45) is 0 Å². The number of sulfonamides is 1. The number of carbonyl (C=O) groups is 1. The third kappa shape index (κ3) is 4.29. The van der Waals surface area contributed by atoms with Crippen molar-refractivity contribution in [1.82, 2.24) is 0 Å². The van der Waals surface area contributed by atoms with E-state index < -0.39 is 21.3 Å². The molecule has 0 spiro atoms. The molecule has 8 heteroatoms. The van der Waals surface area contributed by atoms with E-state index in [0.717, 1.165) is 16.3 Å². The highest BCUT2D eigenvalue weighted by atomic mass is 35.5. The van der Waals surface area contributed by atoms with Gasteiger partial charge in [-0.25, -0.2) is 8.42 Å². The van der Waals surface area contributed by atoms with E-state index in [1.807, 2.05) is 6.92 Å². The fraction of sp³-hybridized carbons (Fsp3) is 0.235. The third-order valence-electron chi connectivity index (χ3n) is 3.71. The summed E-state index contributed by atoms with van der Waals surface area (Å²) in [5.74, 6) is 0. The van der Waals surface area contributed by atoms with Crippen molar-refractivity contribution < 1.29 is 13.2 Å². The van der Waals surface area contributed by atoms with Crippen LogP contribution in [-0.4, -0.2) is 19.7 Å². The van der Waals surface area contributed by atoms with Gasteiger partial charge in [0.15, 0.2) is 0 Å². The van der Waals surface area contributed by atoms with Crippen LogP contribution in [0.1, 0.15) is 19.4 Å². The highest BCUT2D eigenvalue weighted by Crippen LogP contribution is 2.32. The highest BCUT2D eigenvalue weighted by molar-refractivity contribution is 7.93. The van der Waals surface area contributed by atoms with E-state index in [1.165, 1.54) is 25.1 Å². The smallest absolute Gasteiger partial charge is 0.266 e. The molecule has 0 aliphatic heterocycles. The number of hydrogen-bond acceptors (Lipinski definition) is 3. The number of benzene rings is 2. The van der Waals surface area contributed by atoms with Gasteiger partial charge >= 0.3 is 0 Å². The molecule has 2 rings (SSSR count). The molecule has 0 aliphatic rings. The number of aryl methyl sites for hydroxylation is 1. The van der Waals surface area contributed by atoms with Crippen LogP contribution in [0.25, 0.3) is 0 Å². The second-order valence-electron chi connectivity index (χ2n) is 5.38. The summed E-state index contributed by atoms with van der Waals surface area (Å²) >= 11 is 17.6. The fourth-order valence-electron chi connectivity index (χ4n) is 2.32. The van der Waals surface area contributed by atoms with Crippen molar-refractivity contribution >= 4 is 55.8 Å². The highest BCUT2D eigenvalue weighted by Gasteiger charge is 2.34. The Hall–Kier alpha value is -1.27. The van der Waals surface area contributed by atoms with Crippen LogP contribution in [0.2, 0.25) is 10.0 Å². The zero-order chi connectivity index (χ0) is 18.8. The Morgan fingerprint density at radius 2 is 1.72 bits per heavy atom. The largest absolute Gasteiger partial charge is 0.279 e. The van der Waals surface area contributed by atoms with Crippen molar-refractivity contribution in [2.45, 2.75) is 31.2 Å². The minimum atomic E-state index is -4.16. The predicted molar refractivity (Wildman–Crippen MR) is 102 cm³/mol. The molecule has 134 valence electrons. The van der Waals surface area contributed by atoms with E-state index in [9.17, 15) is 13.2 Å². The maximum absolute atomic E-state index is 13.2. The van der Waals surface area contributed by atoms with Crippen LogP contribution >= 0.6 is 34.8 Å². The quantitative estimate of drug-likeness (QED) is 0.624. The molecule has 0 radical (unpaired) electrons. The van der Waals surface area contributed by atoms with E-state index in [1.54, 1.807) is 24.3 Å². The van der Waals surface area contributed by atoms with Gasteiger partial charge in [0.1, 0.15) is 10.9 Å². The van der Waals surface area contributed by atoms with Gasteiger partial charge in [0.2, 0.25) is 5.24 Å². The van der Waals surface area contributed by atoms with Crippen molar-refractivity contribution in [2.75, 3.05) is 4.31 Å². The molecule has 0 heterocycles. The molecule has 0 aromatic heterocycles. The molecule has 0 saturated heterocycles. The standard InChI is InChI=1S/C17H16Cl3NO3S/c1-3-12-4-7-14(8-5-12)21(11(2)17(20)22)25(23,24)16-10-13(18)6-9-15(16)19/h4-11H,3H2,1-2H3. The number of halogens is 3. The molecule has 2 aromatic carbocycles.